The second-order valence-electron chi connectivity index (χ2n) is 12.0. The molecule has 2 aromatic carbocycles. The number of amides is 1. The largest absolute Gasteiger partial charge is 0.573 e. The SMILES string of the molecule is CC1(C)C2CC3OB([C@@H](CNC(=O)[C@@H](N)Cc4ccccc4)Cc4ccc(OC(F)(F)F)cc4)O[C@]3(C)C1C2.Cl.Cl. The summed E-state index contributed by atoms with van der Waals surface area (Å²) < 4.78 is 55.0. The third-order valence-corrected chi connectivity index (χ3v) is 9.18. The van der Waals surface area contributed by atoms with Crippen molar-refractivity contribution in [3.05, 3.63) is 65.7 Å². The van der Waals surface area contributed by atoms with Gasteiger partial charge in [-0.2, -0.15) is 0 Å². The Morgan fingerprint density at radius 2 is 1.68 bits per heavy atom. The third-order valence-electron chi connectivity index (χ3n) is 9.18. The molecule has 0 aromatic heterocycles. The molecule has 0 radical (unpaired) electrons. The minimum Gasteiger partial charge on any atom is -0.406 e. The van der Waals surface area contributed by atoms with Crippen molar-refractivity contribution in [2.24, 2.45) is 23.0 Å². The summed E-state index contributed by atoms with van der Waals surface area (Å²) in [5.74, 6) is 0.153. The number of hydrogen-bond donors (Lipinski definition) is 2. The summed E-state index contributed by atoms with van der Waals surface area (Å²) in [6, 6.07) is 14.6. The number of halogens is 5. The van der Waals surface area contributed by atoms with Gasteiger partial charge in [-0.1, -0.05) is 56.3 Å². The van der Waals surface area contributed by atoms with Crippen molar-refractivity contribution in [1.82, 2.24) is 5.32 Å². The molecule has 4 aliphatic rings. The van der Waals surface area contributed by atoms with Crippen molar-refractivity contribution in [2.75, 3.05) is 6.54 Å². The first-order chi connectivity index (χ1) is 18.3. The summed E-state index contributed by atoms with van der Waals surface area (Å²) in [5, 5.41) is 2.98. The summed E-state index contributed by atoms with van der Waals surface area (Å²) in [4.78, 5) is 12.9. The molecule has 41 heavy (non-hydrogen) atoms. The summed E-state index contributed by atoms with van der Waals surface area (Å²) in [5.41, 5.74) is 7.72. The van der Waals surface area contributed by atoms with E-state index in [2.05, 4.69) is 30.8 Å². The first-order valence-corrected chi connectivity index (χ1v) is 13.6. The van der Waals surface area contributed by atoms with Gasteiger partial charge in [-0.15, -0.1) is 38.0 Å². The first-order valence-electron chi connectivity index (χ1n) is 13.6. The summed E-state index contributed by atoms with van der Waals surface area (Å²) >= 11 is 0. The van der Waals surface area contributed by atoms with Gasteiger partial charge in [-0.3, -0.25) is 4.79 Å². The van der Waals surface area contributed by atoms with Gasteiger partial charge in [0.05, 0.1) is 17.7 Å². The number of carbonyl (C=O) groups is 1. The van der Waals surface area contributed by atoms with Crippen LogP contribution in [0, 0.1) is 17.3 Å². The van der Waals surface area contributed by atoms with Crippen molar-refractivity contribution in [2.45, 2.75) is 76.4 Å². The molecule has 1 heterocycles. The van der Waals surface area contributed by atoms with Gasteiger partial charge in [0.15, 0.2) is 0 Å². The monoisotopic (exact) mass is 616 g/mol. The van der Waals surface area contributed by atoms with Gasteiger partial charge in [0, 0.05) is 12.4 Å². The third kappa shape index (κ3) is 7.16. The zero-order chi connectivity index (χ0) is 28.0. The first kappa shape index (κ1) is 33.5. The maximum atomic E-state index is 12.9. The van der Waals surface area contributed by atoms with Crippen LogP contribution in [0.1, 0.15) is 44.7 Å². The lowest BCUT2D eigenvalue weighted by molar-refractivity contribution is -0.274. The molecule has 3 N–H and O–H groups in total. The standard InChI is InChI=1S/C29H36BF3N2O4.2ClH/c1-27(2)20-15-24(27)28(3)25(16-20)38-30(39-28)21(13-19-9-11-22(12-10-19)37-29(31,32)33)17-35-26(36)23(34)14-18-7-5-4-6-8-18;;/h4-12,20-21,23-25H,13-17,34H2,1-3H3,(H,35,36);2*1H/t20?,21-,23+,24?,25?,28-;;/m1../s1. The van der Waals surface area contributed by atoms with Gasteiger partial charge in [0.25, 0.3) is 0 Å². The molecule has 4 fully saturated rings. The molecule has 0 spiro atoms. The van der Waals surface area contributed by atoms with E-state index in [0.717, 1.165) is 24.0 Å². The number of benzene rings is 2. The molecule has 2 bridgehead atoms. The normalized spacial score (nSPS) is 27.3. The van der Waals surface area contributed by atoms with Crippen LogP contribution in [-0.4, -0.2) is 43.7 Å². The Morgan fingerprint density at radius 1 is 1.05 bits per heavy atom. The highest BCUT2D eigenvalue weighted by Crippen LogP contribution is 2.66. The van der Waals surface area contributed by atoms with E-state index in [-0.39, 0.29) is 60.4 Å². The van der Waals surface area contributed by atoms with Gasteiger partial charge in [0.1, 0.15) is 5.75 Å². The molecule has 2 aromatic rings. The number of ether oxygens (including phenoxy) is 1. The lowest BCUT2D eigenvalue weighted by atomic mass is 9.43. The average Bonchev–Trinajstić information content (AvgIpc) is 3.24. The highest BCUT2D eigenvalue weighted by Gasteiger charge is 2.68. The van der Waals surface area contributed by atoms with Crippen LogP contribution in [0.15, 0.2) is 54.6 Å². The predicted octanol–water partition coefficient (Wildman–Crippen LogP) is 5.76. The Morgan fingerprint density at radius 3 is 2.29 bits per heavy atom. The van der Waals surface area contributed by atoms with Gasteiger partial charge in [0.2, 0.25) is 5.91 Å². The average molecular weight is 617 g/mol. The van der Waals surface area contributed by atoms with Crippen LogP contribution < -0.4 is 15.8 Å². The van der Waals surface area contributed by atoms with E-state index < -0.39 is 25.1 Å². The molecule has 1 aliphatic heterocycles. The fourth-order valence-corrected chi connectivity index (χ4v) is 6.82. The molecule has 6 nitrogen and oxygen atoms in total. The van der Waals surface area contributed by atoms with Gasteiger partial charge >= 0.3 is 13.5 Å². The zero-order valence-corrected chi connectivity index (χ0v) is 25.0. The van der Waals surface area contributed by atoms with Crippen molar-refractivity contribution in [3.63, 3.8) is 0 Å². The second kappa shape index (κ2) is 12.7. The van der Waals surface area contributed by atoms with E-state index in [4.69, 9.17) is 15.0 Å². The number of hydrogen-bond acceptors (Lipinski definition) is 5. The topological polar surface area (TPSA) is 82.8 Å². The van der Waals surface area contributed by atoms with E-state index in [9.17, 15) is 18.0 Å². The molecular weight excluding hydrogens is 579 g/mol. The molecule has 3 aliphatic carbocycles. The van der Waals surface area contributed by atoms with Crippen LogP contribution >= 0.6 is 24.8 Å². The van der Waals surface area contributed by atoms with Crippen LogP contribution in [-0.2, 0) is 26.9 Å². The van der Waals surface area contributed by atoms with Gasteiger partial charge < -0.3 is 25.1 Å². The van der Waals surface area contributed by atoms with E-state index in [1.807, 2.05) is 30.3 Å². The molecule has 1 saturated heterocycles. The fraction of sp³-hybridized carbons (Fsp3) is 0.552. The number of alkyl halides is 3. The maximum Gasteiger partial charge on any atom is 0.573 e. The van der Waals surface area contributed by atoms with Crippen LogP contribution in [0.5, 0.6) is 5.75 Å². The number of nitrogens with two attached hydrogens (primary N) is 1. The minimum absolute atomic E-state index is 0. The number of nitrogens with one attached hydrogen (secondary N) is 1. The van der Waals surface area contributed by atoms with E-state index in [0.29, 0.717) is 24.7 Å². The quantitative estimate of drug-likeness (QED) is 0.350. The summed E-state index contributed by atoms with van der Waals surface area (Å²) in [6.07, 6.45) is -1.88. The predicted molar refractivity (Wildman–Crippen MR) is 156 cm³/mol. The molecule has 226 valence electrons. The molecule has 3 saturated carbocycles. The molecule has 12 heteroatoms. The molecule has 6 rings (SSSR count). The Balaban J connectivity index is 0.00000231. The van der Waals surface area contributed by atoms with Crippen LogP contribution in [0.3, 0.4) is 0 Å². The van der Waals surface area contributed by atoms with Crippen LogP contribution in [0.4, 0.5) is 13.2 Å². The molecular formula is C29H38BCl2F3N2O4. The van der Waals surface area contributed by atoms with E-state index >= 15 is 0 Å². The molecule has 6 atom stereocenters. The Hall–Kier alpha value is -1.98. The number of carbonyl (C=O) groups excluding carboxylic acids is 1. The highest BCUT2D eigenvalue weighted by molar-refractivity contribution is 6.47. The van der Waals surface area contributed by atoms with E-state index in [1.165, 1.54) is 12.1 Å². The second-order valence-corrected chi connectivity index (χ2v) is 12.0. The van der Waals surface area contributed by atoms with Gasteiger partial charge in [-0.25, -0.2) is 0 Å². The van der Waals surface area contributed by atoms with Crippen molar-refractivity contribution >= 4 is 37.8 Å². The fourth-order valence-electron chi connectivity index (χ4n) is 6.82. The van der Waals surface area contributed by atoms with E-state index in [1.54, 1.807) is 12.1 Å². The smallest absolute Gasteiger partial charge is 0.406 e. The highest BCUT2D eigenvalue weighted by atomic mass is 35.5. The van der Waals surface area contributed by atoms with Crippen molar-refractivity contribution in [3.8, 4) is 5.75 Å². The Kier molecular flexibility index (Phi) is 10.4. The zero-order valence-electron chi connectivity index (χ0n) is 23.4. The Bertz CT molecular complexity index is 1170. The van der Waals surface area contributed by atoms with Crippen molar-refractivity contribution in [1.29, 1.82) is 0 Å². The molecule has 3 unspecified atom stereocenters. The maximum absolute atomic E-state index is 12.9. The van der Waals surface area contributed by atoms with Crippen molar-refractivity contribution < 1.29 is 32.0 Å². The van der Waals surface area contributed by atoms with Gasteiger partial charge in [-0.05, 0) is 73.1 Å². The number of rotatable bonds is 9. The lowest BCUT2D eigenvalue weighted by Crippen LogP contribution is -2.65. The Labute approximate surface area is 252 Å². The molecule has 1 amide bonds. The summed E-state index contributed by atoms with van der Waals surface area (Å²) in [7, 11) is -0.563. The van der Waals surface area contributed by atoms with Crippen LogP contribution in [0.2, 0.25) is 5.82 Å². The van der Waals surface area contributed by atoms with Crippen LogP contribution in [0.25, 0.3) is 0 Å². The minimum atomic E-state index is -4.75. The summed E-state index contributed by atoms with van der Waals surface area (Å²) in [6.45, 7) is 6.97. The lowest BCUT2D eigenvalue weighted by Gasteiger charge is -2.64.